The first kappa shape index (κ1) is 17.1. The van der Waals surface area contributed by atoms with E-state index < -0.39 is 10.0 Å². The van der Waals surface area contributed by atoms with Gasteiger partial charge in [-0.05, 0) is 31.9 Å². The first-order chi connectivity index (χ1) is 10.4. The van der Waals surface area contributed by atoms with E-state index in [0.717, 1.165) is 0 Å². The molecule has 0 bridgehead atoms. The molecule has 1 aromatic carbocycles. The lowest BCUT2D eigenvalue weighted by atomic mass is 9.98. The Kier molecular flexibility index (Phi) is 5.31. The first-order valence-corrected chi connectivity index (χ1v) is 8.90. The number of ether oxygens (including phenoxy) is 1. The summed E-state index contributed by atoms with van der Waals surface area (Å²) in [4.78, 5) is 11.3. The number of amides is 1. The quantitative estimate of drug-likeness (QED) is 0.877. The molecule has 0 atom stereocenters. The lowest BCUT2D eigenvalue weighted by Crippen LogP contribution is -2.41. The van der Waals surface area contributed by atoms with Crippen molar-refractivity contribution in [1.29, 1.82) is 0 Å². The molecule has 6 nitrogen and oxygen atoms in total. The number of nitrogens with zero attached hydrogens (tertiary/aromatic N) is 1. The van der Waals surface area contributed by atoms with Gasteiger partial charge in [-0.15, -0.1) is 0 Å². The number of piperidine rings is 1. The molecule has 1 heterocycles. The zero-order valence-electron chi connectivity index (χ0n) is 12.3. The standard InChI is InChI=1S/C14H19ClN2O4S/c1-2-21-12-9-11(15)3-4-13(12)22(19,20)17-7-5-10(6-8-17)14(16)18/h3-4,9-10H,2,5-8H2,1H3,(H2,16,18). The average molecular weight is 347 g/mol. The molecule has 0 unspecified atom stereocenters. The number of hydrogen-bond donors (Lipinski definition) is 1. The number of carbonyl (C=O) groups is 1. The van der Waals surface area contributed by atoms with Gasteiger partial charge in [-0.1, -0.05) is 11.6 Å². The van der Waals surface area contributed by atoms with Crippen molar-refractivity contribution in [2.75, 3.05) is 19.7 Å². The summed E-state index contributed by atoms with van der Waals surface area (Å²) < 4.78 is 32.3. The summed E-state index contributed by atoms with van der Waals surface area (Å²) in [7, 11) is -3.68. The van der Waals surface area contributed by atoms with Crippen molar-refractivity contribution in [3.8, 4) is 5.75 Å². The molecular weight excluding hydrogens is 328 g/mol. The molecule has 22 heavy (non-hydrogen) atoms. The van der Waals surface area contributed by atoms with Gasteiger partial charge in [0.2, 0.25) is 15.9 Å². The largest absolute Gasteiger partial charge is 0.492 e. The number of hydrogen-bond acceptors (Lipinski definition) is 4. The smallest absolute Gasteiger partial charge is 0.246 e. The van der Waals surface area contributed by atoms with Crippen molar-refractivity contribution < 1.29 is 17.9 Å². The van der Waals surface area contributed by atoms with E-state index in [0.29, 0.717) is 24.5 Å². The molecule has 1 aliphatic heterocycles. The van der Waals surface area contributed by atoms with Crippen LogP contribution in [0.25, 0.3) is 0 Å². The number of benzene rings is 1. The summed E-state index contributed by atoms with van der Waals surface area (Å²) in [5.41, 5.74) is 5.27. The van der Waals surface area contributed by atoms with Crippen LogP contribution in [0.4, 0.5) is 0 Å². The topological polar surface area (TPSA) is 89.7 Å². The van der Waals surface area contributed by atoms with E-state index in [1.807, 2.05) is 0 Å². The van der Waals surface area contributed by atoms with Crippen LogP contribution in [0.5, 0.6) is 5.75 Å². The SMILES string of the molecule is CCOc1cc(Cl)ccc1S(=O)(=O)N1CCC(C(N)=O)CC1. The van der Waals surface area contributed by atoms with Gasteiger partial charge in [-0.25, -0.2) is 8.42 Å². The van der Waals surface area contributed by atoms with Gasteiger partial charge >= 0.3 is 0 Å². The van der Waals surface area contributed by atoms with Gasteiger partial charge in [0.05, 0.1) is 6.61 Å². The minimum Gasteiger partial charge on any atom is -0.492 e. The lowest BCUT2D eigenvalue weighted by Gasteiger charge is -2.30. The zero-order valence-corrected chi connectivity index (χ0v) is 13.9. The van der Waals surface area contributed by atoms with Crippen LogP contribution in [0.15, 0.2) is 23.1 Å². The summed E-state index contributed by atoms with van der Waals surface area (Å²) in [5, 5.41) is 0.412. The number of sulfonamides is 1. The summed E-state index contributed by atoms with van der Waals surface area (Å²) >= 11 is 5.90. The maximum atomic E-state index is 12.8. The van der Waals surface area contributed by atoms with Gasteiger partial charge in [0.25, 0.3) is 0 Å². The Bertz CT molecular complexity index is 655. The van der Waals surface area contributed by atoms with E-state index in [1.165, 1.54) is 22.5 Å². The van der Waals surface area contributed by atoms with Gasteiger partial charge < -0.3 is 10.5 Å². The summed E-state index contributed by atoms with van der Waals surface area (Å²) in [6.07, 6.45) is 0.873. The second-order valence-electron chi connectivity index (χ2n) is 5.10. The molecule has 1 fully saturated rings. The minimum atomic E-state index is -3.68. The average Bonchev–Trinajstić information content (AvgIpc) is 2.47. The molecule has 0 saturated carbocycles. The Balaban J connectivity index is 2.26. The number of nitrogens with two attached hydrogens (primary N) is 1. The van der Waals surface area contributed by atoms with Crippen LogP contribution >= 0.6 is 11.6 Å². The van der Waals surface area contributed by atoms with Crippen molar-refractivity contribution in [2.24, 2.45) is 11.7 Å². The predicted octanol–water partition coefficient (Wildman–Crippen LogP) is 1.62. The van der Waals surface area contributed by atoms with Gasteiger partial charge in [-0.2, -0.15) is 4.31 Å². The van der Waals surface area contributed by atoms with Crippen LogP contribution in [0.3, 0.4) is 0 Å². The van der Waals surface area contributed by atoms with E-state index >= 15 is 0 Å². The van der Waals surface area contributed by atoms with Crippen LogP contribution < -0.4 is 10.5 Å². The third-order valence-electron chi connectivity index (χ3n) is 3.68. The fourth-order valence-electron chi connectivity index (χ4n) is 2.48. The Morgan fingerprint density at radius 1 is 1.41 bits per heavy atom. The van der Waals surface area contributed by atoms with E-state index in [1.54, 1.807) is 6.92 Å². The Hall–Kier alpha value is -1.31. The van der Waals surface area contributed by atoms with Gasteiger partial charge in [0.15, 0.2) is 0 Å². The molecule has 1 saturated heterocycles. The Morgan fingerprint density at radius 2 is 2.05 bits per heavy atom. The van der Waals surface area contributed by atoms with Crippen molar-refractivity contribution in [3.05, 3.63) is 23.2 Å². The molecule has 1 aliphatic rings. The number of rotatable bonds is 5. The number of halogens is 1. The molecular formula is C14H19ClN2O4S. The molecule has 0 aliphatic carbocycles. The Morgan fingerprint density at radius 3 is 2.59 bits per heavy atom. The molecule has 0 radical (unpaired) electrons. The monoisotopic (exact) mass is 346 g/mol. The molecule has 0 aromatic heterocycles. The molecule has 0 spiro atoms. The van der Waals surface area contributed by atoms with Crippen LogP contribution in [0.2, 0.25) is 5.02 Å². The maximum absolute atomic E-state index is 12.8. The molecule has 8 heteroatoms. The van der Waals surface area contributed by atoms with Crippen LogP contribution in [-0.4, -0.2) is 38.3 Å². The highest BCUT2D eigenvalue weighted by molar-refractivity contribution is 7.89. The van der Waals surface area contributed by atoms with E-state index in [2.05, 4.69) is 0 Å². The third-order valence-corrected chi connectivity index (χ3v) is 5.85. The van der Waals surface area contributed by atoms with E-state index in [4.69, 9.17) is 22.1 Å². The van der Waals surface area contributed by atoms with Crippen LogP contribution in [0.1, 0.15) is 19.8 Å². The molecule has 2 rings (SSSR count). The number of carbonyl (C=O) groups excluding carboxylic acids is 1. The summed E-state index contributed by atoms with van der Waals surface area (Å²) in [6, 6.07) is 4.46. The zero-order chi connectivity index (χ0) is 16.3. The number of primary amides is 1. The third kappa shape index (κ3) is 3.53. The fraction of sp³-hybridized carbons (Fsp3) is 0.500. The van der Waals surface area contributed by atoms with Gasteiger partial charge in [0.1, 0.15) is 10.6 Å². The van der Waals surface area contributed by atoms with E-state index in [9.17, 15) is 13.2 Å². The maximum Gasteiger partial charge on any atom is 0.246 e. The molecule has 1 amide bonds. The predicted molar refractivity (Wildman–Crippen MR) is 83.3 cm³/mol. The van der Waals surface area contributed by atoms with Crippen molar-refractivity contribution in [1.82, 2.24) is 4.31 Å². The minimum absolute atomic E-state index is 0.0938. The molecule has 1 aromatic rings. The van der Waals surface area contributed by atoms with Crippen LogP contribution in [-0.2, 0) is 14.8 Å². The second kappa shape index (κ2) is 6.85. The second-order valence-corrected chi connectivity index (χ2v) is 7.45. The first-order valence-electron chi connectivity index (χ1n) is 7.08. The summed E-state index contributed by atoms with van der Waals surface area (Å²) in [5.74, 6) is -0.395. The normalized spacial score (nSPS) is 17.4. The lowest BCUT2D eigenvalue weighted by molar-refractivity contribution is -0.122. The van der Waals surface area contributed by atoms with E-state index in [-0.39, 0.29) is 35.6 Å². The highest BCUT2D eigenvalue weighted by Gasteiger charge is 2.33. The van der Waals surface area contributed by atoms with Crippen LogP contribution in [0, 0.1) is 5.92 Å². The molecule has 122 valence electrons. The highest BCUT2D eigenvalue weighted by atomic mass is 35.5. The molecule has 2 N–H and O–H groups in total. The Labute approximate surface area is 135 Å². The summed E-state index contributed by atoms with van der Waals surface area (Å²) in [6.45, 7) is 2.65. The van der Waals surface area contributed by atoms with Crippen molar-refractivity contribution in [2.45, 2.75) is 24.7 Å². The van der Waals surface area contributed by atoms with Gasteiger partial charge in [0, 0.05) is 30.1 Å². The van der Waals surface area contributed by atoms with Crippen molar-refractivity contribution >= 4 is 27.5 Å². The van der Waals surface area contributed by atoms with Crippen molar-refractivity contribution in [3.63, 3.8) is 0 Å². The fourth-order valence-corrected chi connectivity index (χ4v) is 4.23. The van der Waals surface area contributed by atoms with Gasteiger partial charge in [-0.3, -0.25) is 4.79 Å². The highest BCUT2D eigenvalue weighted by Crippen LogP contribution is 2.31.